The molecule has 0 aliphatic heterocycles. The van der Waals surface area contributed by atoms with Crippen molar-refractivity contribution < 1.29 is 9.21 Å². The highest BCUT2D eigenvalue weighted by molar-refractivity contribution is 7.14. The van der Waals surface area contributed by atoms with Gasteiger partial charge >= 0.3 is 5.76 Å². The fourth-order valence-corrected chi connectivity index (χ4v) is 3.74. The molecule has 0 bridgehead atoms. The molecular weight excluding hydrogens is 374 g/mol. The Bertz CT molecular complexity index is 1190. The van der Waals surface area contributed by atoms with Gasteiger partial charge in [0.15, 0.2) is 10.7 Å². The molecule has 0 spiro atoms. The van der Waals surface area contributed by atoms with E-state index in [1.807, 2.05) is 55.6 Å². The number of nitrogens with zero attached hydrogens (tertiary/aromatic N) is 1. The molecule has 7 heteroatoms. The Hall–Kier alpha value is -3.19. The number of aromatic nitrogens is 2. The normalized spacial score (nSPS) is 11.6. The van der Waals surface area contributed by atoms with E-state index in [4.69, 9.17) is 4.42 Å². The van der Waals surface area contributed by atoms with Crippen molar-refractivity contribution in [2.45, 2.75) is 20.3 Å². The summed E-state index contributed by atoms with van der Waals surface area (Å²) in [5, 5.41) is 5.33. The van der Waals surface area contributed by atoms with E-state index in [1.54, 1.807) is 12.1 Å². The van der Waals surface area contributed by atoms with Crippen molar-refractivity contribution in [2.24, 2.45) is 5.41 Å². The Morgan fingerprint density at radius 2 is 2.00 bits per heavy atom. The average Bonchev–Trinajstić information content (AvgIpc) is 3.27. The summed E-state index contributed by atoms with van der Waals surface area (Å²) in [6.45, 7) is 3.84. The zero-order valence-electron chi connectivity index (χ0n) is 15.5. The standard InChI is InChI=1S/C21H19N3O3S/c1-21(2,11-13-6-4-3-5-7-13)18(25)24-19-22-16(12-28-19)14-8-9-15-17(10-14)27-20(26)23-15/h3-10,12H,11H2,1-2H3,(H,23,26)(H,22,24,25). The first kappa shape index (κ1) is 18.2. The molecule has 1 amide bonds. The van der Waals surface area contributed by atoms with Crippen LogP contribution in [0.1, 0.15) is 19.4 Å². The van der Waals surface area contributed by atoms with E-state index in [9.17, 15) is 9.59 Å². The number of amides is 1. The van der Waals surface area contributed by atoms with Gasteiger partial charge in [-0.1, -0.05) is 50.2 Å². The van der Waals surface area contributed by atoms with Gasteiger partial charge in [0.25, 0.3) is 0 Å². The number of nitrogens with one attached hydrogen (secondary N) is 2. The van der Waals surface area contributed by atoms with Gasteiger partial charge in [-0.2, -0.15) is 0 Å². The number of hydrogen-bond donors (Lipinski definition) is 2. The van der Waals surface area contributed by atoms with Gasteiger partial charge in [-0.15, -0.1) is 11.3 Å². The Balaban J connectivity index is 1.50. The largest absolute Gasteiger partial charge is 0.417 e. The van der Waals surface area contributed by atoms with Gasteiger partial charge in [0, 0.05) is 16.4 Å². The minimum absolute atomic E-state index is 0.0793. The molecule has 0 fully saturated rings. The number of carbonyl (C=O) groups is 1. The highest BCUT2D eigenvalue weighted by Crippen LogP contribution is 2.29. The quantitative estimate of drug-likeness (QED) is 0.524. The van der Waals surface area contributed by atoms with E-state index >= 15 is 0 Å². The maximum absolute atomic E-state index is 12.8. The van der Waals surface area contributed by atoms with Gasteiger partial charge < -0.3 is 9.73 Å². The second-order valence-corrected chi connectivity index (χ2v) is 8.12. The third-order valence-corrected chi connectivity index (χ3v) is 5.30. The van der Waals surface area contributed by atoms with Gasteiger partial charge in [-0.25, -0.2) is 9.78 Å². The summed E-state index contributed by atoms with van der Waals surface area (Å²) in [7, 11) is 0. The second-order valence-electron chi connectivity index (χ2n) is 7.26. The minimum Gasteiger partial charge on any atom is -0.408 e. The zero-order chi connectivity index (χ0) is 19.7. The summed E-state index contributed by atoms with van der Waals surface area (Å²) >= 11 is 1.36. The van der Waals surface area contributed by atoms with Crippen LogP contribution < -0.4 is 11.1 Å². The van der Waals surface area contributed by atoms with Crippen molar-refractivity contribution >= 4 is 33.5 Å². The second kappa shape index (κ2) is 7.09. The lowest BCUT2D eigenvalue weighted by Crippen LogP contribution is -2.32. The van der Waals surface area contributed by atoms with Crippen LogP contribution >= 0.6 is 11.3 Å². The monoisotopic (exact) mass is 393 g/mol. The average molecular weight is 393 g/mol. The third kappa shape index (κ3) is 3.75. The number of aromatic amines is 1. The van der Waals surface area contributed by atoms with Crippen molar-refractivity contribution in [3.63, 3.8) is 0 Å². The maximum atomic E-state index is 12.8. The van der Waals surface area contributed by atoms with E-state index < -0.39 is 11.2 Å². The van der Waals surface area contributed by atoms with Gasteiger partial charge in [0.1, 0.15) is 0 Å². The van der Waals surface area contributed by atoms with Crippen molar-refractivity contribution in [1.82, 2.24) is 9.97 Å². The van der Waals surface area contributed by atoms with E-state index in [0.29, 0.717) is 28.3 Å². The number of benzene rings is 2. The van der Waals surface area contributed by atoms with Crippen LogP contribution in [-0.2, 0) is 11.2 Å². The molecule has 142 valence electrons. The Labute approximate surface area is 165 Å². The summed E-state index contributed by atoms with van der Waals surface area (Å²) in [6, 6.07) is 15.3. The van der Waals surface area contributed by atoms with Crippen molar-refractivity contribution in [1.29, 1.82) is 0 Å². The number of thiazole rings is 1. The van der Waals surface area contributed by atoms with Crippen LogP contribution in [0.5, 0.6) is 0 Å². The van der Waals surface area contributed by atoms with Crippen molar-refractivity contribution in [2.75, 3.05) is 5.32 Å². The number of fused-ring (bicyclic) bond motifs is 1. The number of H-pyrrole nitrogens is 1. The lowest BCUT2D eigenvalue weighted by Gasteiger charge is -2.22. The van der Waals surface area contributed by atoms with Crippen molar-refractivity contribution in [3.8, 4) is 11.3 Å². The number of oxazole rings is 1. The molecule has 0 radical (unpaired) electrons. The molecule has 0 aliphatic rings. The Morgan fingerprint density at radius 3 is 2.79 bits per heavy atom. The first-order valence-electron chi connectivity index (χ1n) is 8.85. The third-order valence-electron chi connectivity index (χ3n) is 4.54. The van der Waals surface area contributed by atoms with Crippen LogP contribution in [0.25, 0.3) is 22.4 Å². The van der Waals surface area contributed by atoms with Crippen LogP contribution in [0.2, 0.25) is 0 Å². The number of rotatable bonds is 5. The molecule has 6 nitrogen and oxygen atoms in total. The van der Waals surface area contributed by atoms with E-state index in [2.05, 4.69) is 15.3 Å². The smallest absolute Gasteiger partial charge is 0.408 e. The molecule has 2 aromatic carbocycles. The van der Waals surface area contributed by atoms with Gasteiger partial charge in [-0.3, -0.25) is 9.78 Å². The molecule has 0 aliphatic carbocycles. The maximum Gasteiger partial charge on any atom is 0.417 e. The molecule has 0 saturated carbocycles. The molecule has 2 N–H and O–H groups in total. The highest BCUT2D eigenvalue weighted by Gasteiger charge is 2.28. The van der Waals surface area contributed by atoms with Crippen molar-refractivity contribution in [3.05, 3.63) is 70.0 Å². The van der Waals surface area contributed by atoms with Crippen LogP contribution in [0.4, 0.5) is 5.13 Å². The molecular formula is C21H19N3O3S. The molecule has 0 saturated heterocycles. The summed E-state index contributed by atoms with van der Waals surface area (Å²) < 4.78 is 5.10. The predicted molar refractivity (Wildman–Crippen MR) is 110 cm³/mol. The Kier molecular flexibility index (Phi) is 4.60. The first-order chi connectivity index (χ1) is 13.4. The number of carbonyl (C=O) groups excluding carboxylic acids is 1. The van der Waals surface area contributed by atoms with E-state index in [0.717, 1.165) is 11.1 Å². The van der Waals surface area contributed by atoms with Gasteiger partial charge in [-0.05, 0) is 24.1 Å². The fraction of sp³-hybridized carbons (Fsp3) is 0.190. The van der Waals surface area contributed by atoms with Gasteiger partial charge in [0.05, 0.1) is 11.2 Å². The SMILES string of the molecule is CC(C)(Cc1ccccc1)C(=O)Nc1nc(-c2ccc3[nH]c(=O)oc3c2)cs1. The highest BCUT2D eigenvalue weighted by atomic mass is 32.1. The molecule has 2 heterocycles. The van der Waals surface area contributed by atoms with Gasteiger partial charge in [0.2, 0.25) is 5.91 Å². The molecule has 4 aromatic rings. The molecule has 4 rings (SSSR count). The zero-order valence-corrected chi connectivity index (χ0v) is 16.3. The molecule has 0 atom stereocenters. The minimum atomic E-state index is -0.569. The summed E-state index contributed by atoms with van der Waals surface area (Å²) in [4.78, 5) is 31.2. The summed E-state index contributed by atoms with van der Waals surface area (Å²) in [5.41, 5.74) is 3.19. The van der Waals surface area contributed by atoms with Crippen LogP contribution in [-0.4, -0.2) is 15.9 Å². The number of hydrogen-bond acceptors (Lipinski definition) is 5. The molecule has 0 unspecified atom stereocenters. The number of anilines is 1. The Morgan fingerprint density at radius 1 is 1.21 bits per heavy atom. The predicted octanol–water partition coefficient (Wildman–Crippen LogP) is 4.45. The van der Waals surface area contributed by atoms with E-state index in [1.165, 1.54) is 11.3 Å². The van der Waals surface area contributed by atoms with Crippen LogP contribution in [0, 0.1) is 5.41 Å². The summed E-state index contributed by atoms with van der Waals surface area (Å²) in [5.74, 6) is -0.566. The lowest BCUT2D eigenvalue weighted by atomic mass is 9.85. The fourth-order valence-electron chi connectivity index (χ4n) is 3.02. The topological polar surface area (TPSA) is 88.0 Å². The molecule has 28 heavy (non-hydrogen) atoms. The van der Waals surface area contributed by atoms with Crippen LogP contribution in [0.15, 0.2) is 63.1 Å². The molecule has 2 aromatic heterocycles. The van der Waals surface area contributed by atoms with E-state index in [-0.39, 0.29) is 5.91 Å². The first-order valence-corrected chi connectivity index (χ1v) is 9.73. The van der Waals surface area contributed by atoms with Crippen LogP contribution in [0.3, 0.4) is 0 Å². The summed E-state index contributed by atoms with van der Waals surface area (Å²) in [6.07, 6.45) is 0.640. The lowest BCUT2D eigenvalue weighted by molar-refractivity contribution is -0.123.